The minimum Gasteiger partial charge on any atom is -0.497 e. The number of Topliss-reactive ketones (excluding diaryl/α,β-unsaturated/α-hetero) is 1. The smallest absolute Gasteiger partial charge is 0.162 e. The van der Waals surface area contributed by atoms with E-state index in [1.165, 1.54) is 11.1 Å². The summed E-state index contributed by atoms with van der Waals surface area (Å²) < 4.78 is 5.32. The third-order valence-corrected chi connectivity index (χ3v) is 5.55. The second-order valence-electron chi connectivity index (χ2n) is 7.40. The van der Waals surface area contributed by atoms with Gasteiger partial charge >= 0.3 is 0 Å². The van der Waals surface area contributed by atoms with Crippen molar-refractivity contribution in [1.82, 2.24) is 4.90 Å². The van der Waals surface area contributed by atoms with Gasteiger partial charge in [0.05, 0.1) is 19.2 Å². The molecule has 3 heteroatoms. The van der Waals surface area contributed by atoms with Gasteiger partial charge in [0, 0.05) is 18.2 Å². The van der Waals surface area contributed by atoms with Crippen molar-refractivity contribution < 1.29 is 9.53 Å². The van der Waals surface area contributed by atoms with E-state index in [4.69, 9.17) is 4.74 Å². The largest absolute Gasteiger partial charge is 0.497 e. The average molecular weight is 383 g/mol. The van der Waals surface area contributed by atoms with Crippen LogP contribution in [0.4, 0.5) is 0 Å². The van der Waals surface area contributed by atoms with Crippen LogP contribution in [0.25, 0.3) is 0 Å². The first kappa shape index (κ1) is 19.0. The summed E-state index contributed by atoms with van der Waals surface area (Å²) >= 11 is 0. The molecule has 0 amide bonds. The van der Waals surface area contributed by atoms with E-state index < -0.39 is 0 Å². The third kappa shape index (κ3) is 3.95. The van der Waals surface area contributed by atoms with Crippen molar-refractivity contribution in [3.8, 4) is 5.75 Å². The number of hydrogen-bond acceptors (Lipinski definition) is 3. The number of benzene rings is 3. The maximum atomic E-state index is 12.6. The van der Waals surface area contributed by atoms with E-state index in [1.54, 1.807) is 7.11 Å². The zero-order chi connectivity index (χ0) is 20.2. The summed E-state index contributed by atoms with van der Waals surface area (Å²) in [4.78, 5) is 15.0. The molecule has 1 atom stereocenters. The maximum absolute atomic E-state index is 12.6. The quantitative estimate of drug-likeness (QED) is 0.566. The highest BCUT2D eigenvalue weighted by atomic mass is 16.5. The van der Waals surface area contributed by atoms with Crippen LogP contribution in [0.5, 0.6) is 5.75 Å². The fraction of sp³-hybridized carbons (Fsp3) is 0.192. The van der Waals surface area contributed by atoms with Gasteiger partial charge < -0.3 is 9.64 Å². The average Bonchev–Trinajstić information content (AvgIpc) is 2.78. The molecule has 0 saturated carbocycles. The Morgan fingerprint density at radius 1 is 0.862 bits per heavy atom. The first-order valence-electron chi connectivity index (χ1n) is 9.90. The van der Waals surface area contributed by atoms with Crippen LogP contribution in [0.15, 0.2) is 96.7 Å². The van der Waals surface area contributed by atoms with Gasteiger partial charge in [0.2, 0.25) is 0 Å². The highest BCUT2D eigenvalue weighted by Gasteiger charge is 2.33. The summed E-state index contributed by atoms with van der Waals surface area (Å²) in [6.45, 7) is 1.91. The summed E-state index contributed by atoms with van der Waals surface area (Å²) in [6, 6.07) is 29.0. The number of allylic oxidation sites excluding steroid dienone is 1. The molecule has 1 aliphatic rings. The van der Waals surface area contributed by atoms with E-state index in [2.05, 4.69) is 65.6 Å². The molecule has 0 fully saturated rings. The molecule has 3 nitrogen and oxygen atoms in total. The Bertz CT molecular complexity index is 954. The second kappa shape index (κ2) is 8.36. The molecule has 1 aliphatic heterocycles. The molecule has 4 rings (SSSR count). The normalized spacial score (nSPS) is 16.7. The van der Waals surface area contributed by atoms with E-state index in [9.17, 15) is 4.79 Å². The highest BCUT2D eigenvalue weighted by molar-refractivity contribution is 5.96. The lowest BCUT2D eigenvalue weighted by Crippen LogP contribution is -2.34. The zero-order valence-electron chi connectivity index (χ0n) is 16.8. The second-order valence-corrected chi connectivity index (χ2v) is 7.40. The Labute approximate surface area is 172 Å². The van der Waals surface area contributed by atoms with E-state index in [1.807, 2.05) is 37.4 Å². The molecule has 146 valence electrons. The molecule has 3 aromatic carbocycles. The highest BCUT2D eigenvalue weighted by Crippen LogP contribution is 2.41. The van der Waals surface area contributed by atoms with Gasteiger partial charge in [-0.1, -0.05) is 72.8 Å². The van der Waals surface area contributed by atoms with E-state index in [0.29, 0.717) is 6.42 Å². The van der Waals surface area contributed by atoms with E-state index in [-0.39, 0.29) is 17.9 Å². The summed E-state index contributed by atoms with van der Waals surface area (Å²) in [5, 5.41) is 0. The zero-order valence-corrected chi connectivity index (χ0v) is 16.8. The van der Waals surface area contributed by atoms with Gasteiger partial charge in [-0.15, -0.1) is 0 Å². The van der Waals surface area contributed by atoms with Crippen LogP contribution in [-0.4, -0.2) is 17.8 Å². The molecule has 0 aromatic heterocycles. The van der Waals surface area contributed by atoms with Gasteiger partial charge in [-0.05, 0) is 35.7 Å². The van der Waals surface area contributed by atoms with Crippen LogP contribution in [0.2, 0.25) is 0 Å². The van der Waals surface area contributed by atoms with Crippen molar-refractivity contribution in [3.05, 3.63) is 113 Å². The molecule has 0 saturated heterocycles. The van der Waals surface area contributed by atoms with Crippen LogP contribution < -0.4 is 4.74 Å². The minimum absolute atomic E-state index is 0.0209. The molecule has 0 N–H and O–H groups in total. The maximum Gasteiger partial charge on any atom is 0.162 e. The van der Waals surface area contributed by atoms with Gasteiger partial charge in [-0.2, -0.15) is 0 Å². The van der Waals surface area contributed by atoms with Crippen molar-refractivity contribution >= 4 is 5.78 Å². The van der Waals surface area contributed by atoms with Crippen molar-refractivity contribution in [1.29, 1.82) is 0 Å². The summed E-state index contributed by atoms with van der Waals surface area (Å²) in [6.07, 6.45) is 2.50. The Morgan fingerprint density at radius 2 is 1.41 bits per heavy atom. The molecule has 0 bridgehead atoms. The number of ketones is 1. The SMILES string of the molecule is COc1ccc(C2CC(=O)C(C)=CN2C(c2ccccc2)c2ccccc2)cc1. The topological polar surface area (TPSA) is 29.5 Å². The number of carbonyl (C=O) groups is 1. The van der Waals surface area contributed by atoms with Crippen molar-refractivity contribution in [3.63, 3.8) is 0 Å². The van der Waals surface area contributed by atoms with Crippen LogP contribution >= 0.6 is 0 Å². The van der Waals surface area contributed by atoms with Crippen molar-refractivity contribution in [2.75, 3.05) is 7.11 Å². The molecule has 3 aromatic rings. The first-order valence-corrected chi connectivity index (χ1v) is 9.90. The van der Waals surface area contributed by atoms with Crippen molar-refractivity contribution in [2.24, 2.45) is 0 Å². The monoisotopic (exact) mass is 383 g/mol. The lowest BCUT2D eigenvalue weighted by Gasteiger charge is -2.41. The fourth-order valence-electron chi connectivity index (χ4n) is 4.01. The summed E-state index contributed by atoms with van der Waals surface area (Å²) in [5.41, 5.74) is 4.32. The Hall–Kier alpha value is -3.33. The standard InChI is InChI=1S/C26H25NO2/c1-19-18-27(24(17-25(19)28)20-13-15-23(29-2)16-14-20)26(21-9-5-3-6-10-21)22-11-7-4-8-12-22/h3-16,18,24,26H,17H2,1-2H3. The van der Waals surface area contributed by atoms with Crippen LogP contribution in [-0.2, 0) is 4.79 Å². The molecular formula is C26H25NO2. The molecular weight excluding hydrogens is 358 g/mol. The molecule has 1 heterocycles. The molecule has 1 unspecified atom stereocenters. The number of ether oxygens (including phenoxy) is 1. The van der Waals surface area contributed by atoms with Crippen LogP contribution in [0.3, 0.4) is 0 Å². The van der Waals surface area contributed by atoms with Gasteiger partial charge in [-0.3, -0.25) is 4.79 Å². The molecule has 0 radical (unpaired) electrons. The number of methoxy groups -OCH3 is 1. The Balaban J connectivity index is 1.83. The van der Waals surface area contributed by atoms with E-state index >= 15 is 0 Å². The third-order valence-electron chi connectivity index (χ3n) is 5.55. The van der Waals surface area contributed by atoms with Crippen molar-refractivity contribution in [2.45, 2.75) is 25.4 Å². The number of rotatable bonds is 5. The number of nitrogens with zero attached hydrogens (tertiary/aromatic N) is 1. The van der Waals surface area contributed by atoms with Crippen LogP contribution in [0.1, 0.15) is 42.1 Å². The van der Waals surface area contributed by atoms with E-state index in [0.717, 1.165) is 16.9 Å². The van der Waals surface area contributed by atoms with Gasteiger partial charge in [0.15, 0.2) is 5.78 Å². The Kier molecular flexibility index (Phi) is 5.48. The first-order chi connectivity index (χ1) is 14.2. The summed E-state index contributed by atoms with van der Waals surface area (Å²) in [7, 11) is 1.67. The van der Waals surface area contributed by atoms with Gasteiger partial charge in [0.25, 0.3) is 0 Å². The lowest BCUT2D eigenvalue weighted by molar-refractivity contribution is -0.117. The van der Waals surface area contributed by atoms with Gasteiger partial charge in [-0.25, -0.2) is 0 Å². The molecule has 0 aliphatic carbocycles. The number of carbonyl (C=O) groups excluding carboxylic acids is 1. The van der Waals surface area contributed by atoms with Crippen LogP contribution in [0, 0.1) is 0 Å². The summed E-state index contributed by atoms with van der Waals surface area (Å²) in [5.74, 6) is 1.01. The molecule has 29 heavy (non-hydrogen) atoms. The number of hydrogen-bond donors (Lipinski definition) is 0. The predicted octanol–water partition coefficient (Wildman–Crippen LogP) is 5.70. The Morgan fingerprint density at radius 3 is 1.93 bits per heavy atom. The fourth-order valence-corrected chi connectivity index (χ4v) is 4.01. The molecule has 0 spiro atoms. The minimum atomic E-state index is -0.0393. The van der Waals surface area contributed by atoms with Gasteiger partial charge in [0.1, 0.15) is 5.75 Å². The predicted molar refractivity (Wildman–Crippen MR) is 116 cm³/mol. The lowest BCUT2D eigenvalue weighted by atomic mass is 9.88.